The fourth-order valence-electron chi connectivity index (χ4n) is 2.16. The van der Waals surface area contributed by atoms with Gasteiger partial charge in [-0.1, -0.05) is 11.6 Å². The molecule has 1 N–H and O–H groups in total. The summed E-state index contributed by atoms with van der Waals surface area (Å²) in [6.07, 6.45) is 0. The molecular weight excluding hydrogens is 253 g/mol. The number of nitrogens with one attached hydrogen (secondary N) is 1. The minimum atomic E-state index is -0.265. The number of fused-ring (bicyclic) bond motifs is 1. The van der Waals surface area contributed by atoms with E-state index in [4.69, 9.17) is 0 Å². The van der Waals surface area contributed by atoms with Gasteiger partial charge in [0, 0.05) is 18.0 Å². The number of hydrogen-bond donors (Lipinski definition) is 1. The third kappa shape index (κ3) is 2.20. The molecule has 100 valence electrons. The van der Waals surface area contributed by atoms with E-state index < -0.39 is 0 Å². The van der Waals surface area contributed by atoms with Gasteiger partial charge in [-0.2, -0.15) is 0 Å². The van der Waals surface area contributed by atoms with Crippen LogP contribution in [-0.2, 0) is 0 Å². The lowest BCUT2D eigenvalue weighted by molar-refractivity contribution is 0.628. The van der Waals surface area contributed by atoms with Gasteiger partial charge in [0.15, 0.2) is 5.82 Å². The Balaban J connectivity index is 2.22. The Bertz CT molecular complexity index is 767. The summed E-state index contributed by atoms with van der Waals surface area (Å²) in [5.74, 6) is 1.10. The van der Waals surface area contributed by atoms with E-state index in [-0.39, 0.29) is 5.82 Å². The summed E-state index contributed by atoms with van der Waals surface area (Å²) >= 11 is 0. The number of aromatic nitrogens is 2. The van der Waals surface area contributed by atoms with Crippen molar-refractivity contribution in [2.45, 2.75) is 6.92 Å². The molecule has 3 nitrogen and oxygen atoms in total. The van der Waals surface area contributed by atoms with Gasteiger partial charge in [-0.3, -0.25) is 0 Å². The SMILES string of the molecule is CNc1nc(-c2ccc(F)cc2)nc2ccc(C)cc12. The number of aryl methyl sites for hydroxylation is 1. The molecule has 0 aliphatic rings. The molecule has 2 aromatic carbocycles. The monoisotopic (exact) mass is 267 g/mol. The van der Waals surface area contributed by atoms with Crippen molar-refractivity contribution in [1.29, 1.82) is 0 Å². The van der Waals surface area contributed by atoms with Gasteiger partial charge >= 0.3 is 0 Å². The molecule has 0 amide bonds. The van der Waals surface area contributed by atoms with Crippen molar-refractivity contribution in [3.8, 4) is 11.4 Å². The average Bonchev–Trinajstić information content (AvgIpc) is 2.47. The molecule has 0 fully saturated rings. The molecule has 0 bridgehead atoms. The van der Waals surface area contributed by atoms with Gasteiger partial charge in [0.25, 0.3) is 0 Å². The second kappa shape index (κ2) is 4.89. The van der Waals surface area contributed by atoms with Crippen molar-refractivity contribution in [3.63, 3.8) is 0 Å². The normalized spacial score (nSPS) is 10.8. The molecule has 4 heteroatoms. The topological polar surface area (TPSA) is 37.8 Å². The van der Waals surface area contributed by atoms with Gasteiger partial charge < -0.3 is 5.32 Å². The number of nitrogens with zero attached hydrogens (tertiary/aromatic N) is 2. The molecule has 1 aromatic heterocycles. The van der Waals surface area contributed by atoms with Crippen molar-refractivity contribution < 1.29 is 4.39 Å². The highest BCUT2D eigenvalue weighted by atomic mass is 19.1. The van der Waals surface area contributed by atoms with Crippen LogP contribution in [0.1, 0.15) is 5.56 Å². The van der Waals surface area contributed by atoms with Gasteiger partial charge in [-0.05, 0) is 43.3 Å². The van der Waals surface area contributed by atoms with Gasteiger partial charge in [-0.15, -0.1) is 0 Å². The summed E-state index contributed by atoms with van der Waals surface area (Å²) in [6, 6.07) is 12.2. The van der Waals surface area contributed by atoms with E-state index in [1.807, 2.05) is 26.1 Å². The summed E-state index contributed by atoms with van der Waals surface area (Å²) in [5.41, 5.74) is 2.83. The third-order valence-electron chi connectivity index (χ3n) is 3.19. The fourth-order valence-corrected chi connectivity index (χ4v) is 2.16. The van der Waals surface area contributed by atoms with Crippen molar-refractivity contribution >= 4 is 16.7 Å². The Morgan fingerprint density at radius 1 is 1.00 bits per heavy atom. The molecule has 0 aliphatic heterocycles. The van der Waals surface area contributed by atoms with Crippen LogP contribution < -0.4 is 5.32 Å². The molecule has 0 spiro atoms. The summed E-state index contributed by atoms with van der Waals surface area (Å²) < 4.78 is 13.0. The van der Waals surface area contributed by atoms with Crippen LogP contribution in [0.25, 0.3) is 22.3 Å². The van der Waals surface area contributed by atoms with Gasteiger partial charge in [0.05, 0.1) is 5.52 Å². The molecule has 0 atom stereocenters. The number of rotatable bonds is 2. The van der Waals surface area contributed by atoms with Crippen LogP contribution in [0, 0.1) is 12.7 Å². The molecule has 0 unspecified atom stereocenters. The number of hydrogen-bond acceptors (Lipinski definition) is 3. The van der Waals surface area contributed by atoms with E-state index in [0.717, 1.165) is 27.8 Å². The molecular formula is C16H14FN3. The lowest BCUT2D eigenvalue weighted by Gasteiger charge is -2.09. The Morgan fingerprint density at radius 3 is 2.45 bits per heavy atom. The van der Waals surface area contributed by atoms with Crippen molar-refractivity contribution in [3.05, 3.63) is 53.8 Å². The summed E-state index contributed by atoms with van der Waals surface area (Å²) in [4.78, 5) is 9.07. The largest absolute Gasteiger partial charge is 0.373 e. The Hall–Kier alpha value is -2.49. The van der Waals surface area contributed by atoms with E-state index in [9.17, 15) is 4.39 Å². The van der Waals surface area contributed by atoms with E-state index in [1.165, 1.54) is 12.1 Å². The van der Waals surface area contributed by atoms with Crippen molar-refractivity contribution in [2.75, 3.05) is 12.4 Å². The standard InChI is InChI=1S/C16H14FN3/c1-10-3-8-14-13(9-10)16(18-2)20-15(19-14)11-4-6-12(17)7-5-11/h3-9H,1-2H3,(H,18,19,20). The highest BCUT2D eigenvalue weighted by Gasteiger charge is 2.08. The van der Waals surface area contributed by atoms with Crippen LogP contribution in [0.3, 0.4) is 0 Å². The first-order chi connectivity index (χ1) is 9.67. The Morgan fingerprint density at radius 2 is 1.75 bits per heavy atom. The number of anilines is 1. The third-order valence-corrected chi connectivity index (χ3v) is 3.19. The predicted molar refractivity (Wildman–Crippen MR) is 79.2 cm³/mol. The zero-order valence-electron chi connectivity index (χ0n) is 11.3. The van der Waals surface area contributed by atoms with Gasteiger partial charge in [-0.25, -0.2) is 14.4 Å². The number of halogens is 1. The van der Waals surface area contributed by atoms with E-state index >= 15 is 0 Å². The van der Waals surface area contributed by atoms with Crippen molar-refractivity contribution in [1.82, 2.24) is 9.97 Å². The molecule has 3 aromatic rings. The zero-order valence-corrected chi connectivity index (χ0v) is 11.3. The second-order valence-electron chi connectivity index (χ2n) is 4.67. The second-order valence-corrected chi connectivity index (χ2v) is 4.67. The van der Waals surface area contributed by atoms with Gasteiger partial charge in [0.2, 0.25) is 0 Å². The first-order valence-electron chi connectivity index (χ1n) is 6.39. The van der Waals surface area contributed by atoms with Crippen LogP contribution in [0.15, 0.2) is 42.5 Å². The summed E-state index contributed by atoms with van der Waals surface area (Å²) in [6.45, 7) is 2.03. The van der Waals surface area contributed by atoms with E-state index in [2.05, 4.69) is 21.4 Å². The molecule has 3 rings (SSSR count). The quantitative estimate of drug-likeness (QED) is 0.767. The van der Waals surface area contributed by atoms with Crippen LogP contribution in [0.5, 0.6) is 0 Å². The van der Waals surface area contributed by atoms with E-state index in [0.29, 0.717) is 5.82 Å². The molecule has 0 radical (unpaired) electrons. The van der Waals surface area contributed by atoms with Crippen LogP contribution >= 0.6 is 0 Å². The maximum absolute atomic E-state index is 13.0. The highest BCUT2D eigenvalue weighted by molar-refractivity contribution is 5.91. The molecule has 0 saturated carbocycles. The van der Waals surface area contributed by atoms with Crippen LogP contribution in [0.4, 0.5) is 10.2 Å². The Labute approximate surface area is 116 Å². The summed E-state index contributed by atoms with van der Waals surface area (Å²) in [5, 5.41) is 4.08. The molecule has 1 heterocycles. The predicted octanol–water partition coefficient (Wildman–Crippen LogP) is 3.79. The highest BCUT2D eigenvalue weighted by Crippen LogP contribution is 2.25. The molecule has 0 saturated heterocycles. The fraction of sp³-hybridized carbons (Fsp3) is 0.125. The minimum absolute atomic E-state index is 0.265. The number of benzene rings is 2. The Kier molecular flexibility index (Phi) is 3.06. The van der Waals surface area contributed by atoms with Crippen LogP contribution in [0.2, 0.25) is 0 Å². The maximum atomic E-state index is 13.0. The molecule has 0 aliphatic carbocycles. The smallest absolute Gasteiger partial charge is 0.162 e. The van der Waals surface area contributed by atoms with Crippen LogP contribution in [-0.4, -0.2) is 17.0 Å². The van der Waals surface area contributed by atoms with E-state index in [1.54, 1.807) is 12.1 Å². The summed E-state index contributed by atoms with van der Waals surface area (Å²) in [7, 11) is 1.83. The zero-order chi connectivity index (χ0) is 14.1. The first-order valence-corrected chi connectivity index (χ1v) is 6.39. The first kappa shape index (κ1) is 12.5. The van der Waals surface area contributed by atoms with Crippen molar-refractivity contribution in [2.24, 2.45) is 0 Å². The maximum Gasteiger partial charge on any atom is 0.162 e. The lowest BCUT2D eigenvalue weighted by Crippen LogP contribution is -1.99. The average molecular weight is 267 g/mol. The lowest BCUT2D eigenvalue weighted by atomic mass is 10.1. The molecule has 20 heavy (non-hydrogen) atoms. The minimum Gasteiger partial charge on any atom is -0.373 e. The van der Waals surface area contributed by atoms with Gasteiger partial charge in [0.1, 0.15) is 11.6 Å².